The van der Waals surface area contributed by atoms with Gasteiger partial charge in [-0.15, -0.1) is 5.10 Å². The topological polar surface area (TPSA) is 74.1 Å². The molecular weight excluding hydrogens is 258 g/mol. The number of hydrogen-bond donors (Lipinski definition) is 1. The van der Waals surface area contributed by atoms with Gasteiger partial charge in [0.25, 0.3) is 0 Å². The Morgan fingerprint density at radius 3 is 2.90 bits per heavy atom. The molecule has 0 aliphatic carbocycles. The zero-order valence-corrected chi connectivity index (χ0v) is 11.5. The summed E-state index contributed by atoms with van der Waals surface area (Å²) in [6, 6.07) is 4.12. The van der Waals surface area contributed by atoms with Crippen molar-refractivity contribution >= 4 is 5.69 Å². The Balaban J connectivity index is 1.65. The third kappa shape index (κ3) is 2.57. The molecule has 1 saturated heterocycles. The fourth-order valence-corrected chi connectivity index (χ4v) is 1.95. The van der Waals surface area contributed by atoms with Crippen LogP contribution >= 0.6 is 0 Å². The van der Waals surface area contributed by atoms with Crippen molar-refractivity contribution in [1.82, 2.24) is 20.0 Å². The summed E-state index contributed by atoms with van der Waals surface area (Å²) in [5.74, 6) is 0.596. The predicted octanol–water partition coefficient (Wildman–Crippen LogP) is 1.43. The first-order valence-electron chi connectivity index (χ1n) is 6.52. The van der Waals surface area contributed by atoms with Crippen molar-refractivity contribution in [3.63, 3.8) is 0 Å². The van der Waals surface area contributed by atoms with Gasteiger partial charge in [0, 0.05) is 6.07 Å². The highest BCUT2D eigenvalue weighted by Crippen LogP contribution is 2.21. The van der Waals surface area contributed by atoms with E-state index in [4.69, 9.17) is 9.47 Å². The summed E-state index contributed by atoms with van der Waals surface area (Å²) in [7, 11) is 1.60. The smallest absolute Gasteiger partial charge is 0.213 e. The van der Waals surface area contributed by atoms with Crippen molar-refractivity contribution < 1.29 is 9.47 Å². The molecule has 7 heteroatoms. The van der Waals surface area contributed by atoms with E-state index in [1.165, 1.54) is 0 Å². The number of methoxy groups -OCH3 is 1. The summed E-state index contributed by atoms with van der Waals surface area (Å²) in [5.41, 5.74) is 1.81. The third-order valence-corrected chi connectivity index (χ3v) is 3.29. The molecule has 0 spiro atoms. The molecule has 1 aliphatic rings. The van der Waals surface area contributed by atoms with Crippen molar-refractivity contribution in [1.29, 1.82) is 0 Å². The molecule has 1 unspecified atom stereocenters. The molecule has 1 fully saturated rings. The molecule has 0 radical (unpaired) electrons. The Kier molecular flexibility index (Phi) is 3.51. The van der Waals surface area contributed by atoms with Gasteiger partial charge < -0.3 is 14.8 Å². The molecule has 0 amide bonds. The zero-order valence-electron chi connectivity index (χ0n) is 11.5. The molecule has 0 aromatic carbocycles. The number of aromatic nitrogens is 4. The second-order valence-electron chi connectivity index (χ2n) is 4.77. The largest absolute Gasteiger partial charge is 0.481 e. The first-order valence-corrected chi connectivity index (χ1v) is 6.52. The van der Waals surface area contributed by atoms with Gasteiger partial charge in [0.1, 0.15) is 11.7 Å². The monoisotopic (exact) mass is 275 g/mol. The van der Waals surface area contributed by atoms with Gasteiger partial charge in [-0.05, 0) is 13.0 Å². The fraction of sp³-hybridized carbons (Fsp3) is 0.462. The summed E-state index contributed by atoms with van der Waals surface area (Å²) in [5, 5.41) is 11.7. The minimum Gasteiger partial charge on any atom is -0.481 e. The van der Waals surface area contributed by atoms with Crippen LogP contribution in [0, 0.1) is 0 Å². The Bertz CT molecular complexity index is 564. The highest BCUT2D eigenvalue weighted by atomic mass is 16.5. The molecule has 1 atom stereocenters. The summed E-state index contributed by atoms with van der Waals surface area (Å²) in [6.45, 7) is 3.47. The first kappa shape index (κ1) is 12.9. The maximum absolute atomic E-state index is 5.15. The SMILES string of the molecule is COc1ccc(NC(C)c2cn(C3COC3)nn2)cn1. The van der Waals surface area contributed by atoms with Gasteiger partial charge in [-0.1, -0.05) is 5.21 Å². The van der Waals surface area contributed by atoms with Crippen LogP contribution in [0.4, 0.5) is 5.69 Å². The van der Waals surface area contributed by atoms with Gasteiger partial charge in [-0.3, -0.25) is 0 Å². The lowest BCUT2D eigenvalue weighted by Gasteiger charge is -2.25. The van der Waals surface area contributed by atoms with E-state index in [-0.39, 0.29) is 6.04 Å². The third-order valence-electron chi connectivity index (χ3n) is 3.29. The molecule has 0 saturated carbocycles. The fourth-order valence-electron chi connectivity index (χ4n) is 1.95. The number of ether oxygens (including phenoxy) is 2. The van der Waals surface area contributed by atoms with E-state index >= 15 is 0 Å². The van der Waals surface area contributed by atoms with Gasteiger partial charge in [-0.25, -0.2) is 9.67 Å². The second-order valence-corrected chi connectivity index (χ2v) is 4.77. The minimum atomic E-state index is 0.0555. The van der Waals surface area contributed by atoms with Crippen molar-refractivity contribution in [2.75, 3.05) is 25.6 Å². The summed E-state index contributed by atoms with van der Waals surface area (Å²) < 4.78 is 12.0. The van der Waals surface area contributed by atoms with Crippen LogP contribution in [0.2, 0.25) is 0 Å². The van der Waals surface area contributed by atoms with Gasteiger partial charge in [-0.2, -0.15) is 0 Å². The maximum Gasteiger partial charge on any atom is 0.213 e. The van der Waals surface area contributed by atoms with Crippen LogP contribution in [-0.4, -0.2) is 40.3 Å². The molecule has 3 heterocycles. The molecule has 2 aromatic heterocycles. The lowest BCUT2D eigenvalue weighted by molar-refractivity contribution is -0.0293. The van der Waals surface area contributed by atoms with Crippen LogP contribution in [0.1, 0.15) is 24.7 Å². The van der Waals surface area contributed by atoms with Gasteiger partial charge in [0.2, 0.25) is 5.88 Å². The highest BCUT2D eigenvalue weighted by molar-refractivity contribution is 5.43. The first-order chi connectivity index (χ1) is 9.76. The second kappa shape index (κ2) is 5.46. The molecule has 3 rings (SSSR count). The van der Waals surface area contributed by atoms with E-state index in [1.54, 1.807) is 13.3 Å². The van der Waals surface area contributed by atoms with E-state index in [9.17, 15) is 0 Å². The molecule has 20 heavy (non-hydrogen) atoms. The molecular formula is C13H17N5O2. The van der Waals surface area contributed by atoms with Crippen molar-refractivity contribution in [2.45, 2.75) is 19.0 Å². The lowest BCUT2D eigenvalue weighted by atomic mass is 10.2. The zero-order chi connectivity index (χ0) is 13.9. The summed E-state index contributed by atoms with van der Waals surface area (Å²) >= 11 is 0. The van der Waals surface area contributed by atoms with Gasteiger partial charge in [0.15, 0.2) is 0 Å². The van der Waals surface area contributed by atoms with Gasteiger partial charge >= 0.3 is 0 Å². The predicted molar refractivity (Wildman–Crippen MR) is 72.7 cm³/mol. The Morgan fingerprint density at radius 2 is 2.30 bits per heavy atom. The Morgan fingerprint density at radius 1 is 1.45 bits per heavy atom. The van der Waals surface area contributed by atoms with Crippen LogP contribution < -0.4 is 10.1 Å². The summed E-state index contributed by atoms with van der Waals surface area (Å²) in [4.78, 5) is 4.16. The minimum absolute atomic E-state index is 0.0555. The molecule has 1 N–H and O–H groups in total. The lowest BCUT2D eigenvalue weighted by Crippen LogP contribution is -2.31. The molecule has 7 nitrogen and oxygen atoms in total. The normalized spacial score (nSPS) is 16.5. The molecule has 2 aromatic rings. The number of anilines is 1. The van der Waals surface area contributed by atoms with E-state index in [2.05, 4.69) is 20.6 Å². The average molecular weight is 275 g/mol. The van der Waals surface area contributed by atoms with Crippen LogP contribution in [-0.2, 0) is 4.74 Å². The standard InChI is InChI=1S/C13H17N5O2/c1-9(15-10-3-4-13(19-2)14-5-10)12-6-18(17-16-12)11-7-20-8-11/h3-6,9,11,15H,7-8H2,1-2H3. The molecule has 1 aliphatic heterocycles. The number of pyridine rings is 1. The number of nitrogens with zero attached hydrogens (tertiary/aromatic N) is 4. The van der Waals surface area contributed by atoms with Gasteiger partial charge in [0.05, 0.1) is 44.4 Å². The molecule has 106 valence electrons. The van der Waals surface area contributed by atoms with E-state index < -0.39 is 0 Å². The highest BCUT2D eigenvalue weighted by Gasteiger charge is 2.22. The van der Waals surface area contributed by atoms with Crippen molar-refractivity contribution in [3.8, 4) is 5.88 Å². The van der Waals surface area contributed by atoms with Crippen molar-refractivity contribution in [3.05, 3.63) is 30.2 Å². The van der Waals surface area contributed by atoms with E-state index in [0.717, 1.165) is 11.4 Å². The number of hydrogen-bond acceptors (Lipinski definition) is 6. The van der Waals surface area contributed by atoms with Crippen molar-refractivity contribution in [2.24, 2.45) is 0 Å². The Labute approximate surface area is 116 Å². The van der Waals surface area contributed by atoms with Crippen LogP contribution in [0.5, 0.6) is 5.88 Å². The van der Waals surface area contributed by atoms with Crippen LogP contribution in [0.25, 0.3) is 0 Å². The van der Waals surface area contributed by atoms with Crippen LogP contribution in [0.3, 0.4) is 0 Å². The maximum atomic E-state index is 5.15. The van der Waals surface area contributed by atoms with E-state index in [0.29, 0.717) is 25.1 Å². The molecule has 0 bridgehead atoms. The number of rotatable bonds is 5. The number of nitrogens with one attached hydrogen (secondary N) is 1. The van der Waals surface area contributed by atoms with Crippen LogP contribution in [0.15, 0.2) is 24.5 Å². The average Bonchev–Trinajstić information content (AvgIpc) is 2.87. The van der Waals surface area contributed by atoms with E-state index in [1.807, 2.05) is 29.9 Å². The summed E-state index contributed by atoms with van der Waals surface area (Å²) in [6.07, 6.45) is 3.70. The Hall–Kier alpha value is -2.15. The quantitative estimate of drug-likeness (QED) is 0.889.